The van der Waals surface area contributed by atoms with E-state index in [0.29, 0.717) is 12.8 Å². The summed E-state index contributed by atoms with van der Waals surface area (Å²) in [5, 5.41) is 0. The molecule has 0 heterocycles. The molecule has 6 heteroatoms. The molecule has 0 aromatic rings. The summed E-state index contributed by atoms with van der Waals surface area (Å²) in [5.74, 6) is -0.970. The second-order valence-corrected chi connectivity index (χ2v) is 19.1. The molecule has 1 atom stereocenters. The van der Waals surface area contributed by atoms with Gasteiger partial charge in [-0.3, -0.25) is 14.4 Å². The second kappa shape index (κ2) is 61.6. The van der Waals surface area contributed by atoms with Crippen LogP contribution in [0.15, 0.2) is 158 Å². The lowest BCUT2D eigenvalue weighted by molar-refractivity contribution is -0.167. The standard InChI is InChI=1S/C69H108O6/c1-4-7-10-13-16-19-21-23-24-25-26-27-28-29-30-31-32-33-34-35-36-37-38-39-40-41-42-43-44-46-47-50-53-56-59-62-68(71)74-65-66(64-73-67(70)61-58-55-52-49-18-15-12-9-6-3)75-69(72)63-60-57-54-51-48-45-22-20-17-14-11-8-5-2/h7-8,10-11,16-17,19-20,23-24,26-27,29-30,32-33,35-36,38-39,41-42,44-46,48,66H,4-6,9,12-15,18,21-22,25,28,31,34,37,40,43,47,49-65H2,1-3H3/b10-7-,11-8-,19-16-,20-17-,24-23-,27-26-,30-29-,33-32-,36-35-,39-38-,42-41-,46-44-,48-45-. The van der Waals surface area contributed by atoms with E-state index >= 15 is 0 Å². The maximum absolute atomic E-state index is 12.8. The van der Waals surface area contributed by atoms with Gasteiger partial charge in [-0.2, -0.15) is 0 Å². The van der Waals surface area contributed by atoms with Gasteiger partial charge in [0, 0.05) is 19.3 Å². The number of rotatable bonds is 52. The third-order valence-electron chi connectivity index (χ3n) is 12.0. The van der Waals surface area contributed by atoms with E-state index in [1.807, 2.05) is 0 Å². The van der Waals surface area contributed by atoms with Crippen LogP contribution in [0.4, 0.5) is 0 Å². The van der Waals surface area contributed by atoms with Crippen molar-refractivity contribution >= 4 is 17.9 Å². The fourth-order valence-corrected chi connectivity index (χ4v) is 7.60. The highest BCUT2D eigenvalue weighted by Gasteiger charge is 2.19. The summed E-state index contributed by atoms with van der Waals surface area (Å²) >= 11 is 0. The third kappa shape index (κ3) is 59.8. The number of carbonyl (C=O) groups excluding carboxylic acids is 3. The highest BCUT2D eigenvalue weighted by atomic mass is 16.6. The maximum Gasteiger partial charge on any atom is 0.306 e. The highest BCUT2D eigenvalue weighted by molar-refractivity contribution is 5.71. The molecule has 0 aliphatic rings. The molecule has 0 aromatic heterocycles. The van der Waals surface area contributed by atoms with Crippen LogP contribution in [0.25, 0.3) is 0 Å². The Morgan fingerprint density at radius 3 is 0.827 bits per heavy atom. The molecule has 1 unspecified atom stereocenters. The van der Waals surface area contributed by atoms with E-state index in [9.17, 15) is 14.4 Å². The van der Waals surface area contributed by atoms with Crippen LogP contribution in [0.5, 0.6) is 0 Å². The van der Waals surface area contributed by atoms with Gasteiger partial charge in [0.2, 0.25) is 0 Å². The predicted molar refractivity (Wildman–Crippen MR) is 325 cm³/mol. The maximum atomic E-state index is 12.8. The quantitative estimate of drug-likeness (QED) is 0.0261. The Kier molecular flexibility index (Phi) is 57.5. The van der Waals surface area contributed by atoms with Crippen LogP contribution in [-0.2, 0) is 28.6 Å². The van der Waals surface area contributed by atoms with Crippen molar-refractivity contribution in [2.75, 3.05) is 13.2 Å². The van der Waals surface area contributed by atoms with Gasteiger partial charge in [0.25, 0.3) is 0 Å². The van der Waals surface area contributed by atoms with Crippen molar-refractivity contribution in [3.63, 3.8) is 0 Å². The lowest BCUT2D eigenvalue weighted by Gasteiger charge is -2.18. The lowest BCUT2D eigenvalue weighted by atomic mass is 10.1. The summed E-state index contributed by atoms with van der Waals surface area (Å²) in [6.07, 6.45) is 89.8. The molecule has 6 nitrogen and oxygen atoms in total. The number of hydrogen-bond donors (Lipinski definition) is 0. The smallest absolute Gasteiger partial charge is 0.306 e. The molecule has 0 aliphatic heterocycles. The zero-order valence-electron chi connectivity index (χ0n) is 48.0. The van der Waals surface area contributed by atoms with Crippen molar-refractivity contribution in [1.82, 2.24) is 0 Å². The summed E-state index contributed by atoms with van der Waals surface area (Å²) < 4.78 is 16.7. The first-order valence-electron chi connectivity index (χ1n) is 30.0. The molecule has 0 amide bonds. The number of hydrogen-bond acceptors (Lipinski definition) is 6. The van der Waals surface area contributed by atoms with Gasteiger partial charge >= 0.3 is 17.9 Å². The molecule has 0 aromatic carbocycles. The molecular weight excluding hydrogens is 925 g/mol. The van der Waals surface area contributed by atoms with E-state index in [4.69, 9.17) is 14.2 Å². The Morgan fingerprint density at radius 2 is 0.520 bits per heavy atom. The fraction of sp³-hybridized carbons (Fsp3) is 0.580. The van der Waals surface area contributed by atoms with Crippen LogP contribution in [0.3, 0.4) is 0 Å². The van der Waals surface area contributed by atoms with Crippen LogP contribution < -0.4 is 0 Å². The molecule has 0 saturated carbocycles. The molecule has 75 heavy (non-hydrogen) atoms. The SMILES string of the molecule is CC/C=C\C/C=C\C/C=C\C/C=C\C/C=C\C/C=C\C/C=C\C/C=C\C/C=C\C/C=C\CCCCCCC(=O)OCC(COC(=O)CCCCCCCCCCC)OC(=O)CCCCC/C=C\C/C=C\C/C=C\CC. The summed E-state index contributed by atoms with van der Waals surface area (Å²) in [6, 6.07) is 0. The van der Waals surface area contributed by atoms with Crippen molar-refractivity contribution < 1.29 is 28.6 Å². The van der Waals surface area contributed by atoms with Gasteiger partial charge in [-0.25, -0.2) is 0 Å². The molecule has 0 bridgehead atoms. The first-order chi connectivity index (χ1) is 37.0. The van der Waals surface area contributed by atoms with Gasteiger partial charge in [-0.15, -0.1) is 0 Å². The van der Waals surface area contributed by atoms with Gasteiger partial charge in [0.15, 0.2) is 6.10 Å². The zero-order valence-corrected chi connectivity index (χ0v) is 48.0. The van der Waals surface area contributed by atoms with E-state index in [2.05, 4.69) is 179 Å². The van der Waals surface area contributed by atoms with Crippen molar-refractivity contribution in [2.45, 2.75) is 245 Å². The van der Waals surface area contributed by atoms with Gasteiger partial charge in [-0.05, 0) is 128 Å². The van der Waals surface area contributed by atoms with Crippen LogP contribution in [0.1, 0.15) is 239 Å². The molecule has 420 valence electrons. The Bertz CT molecular complexity index is 1710. The van der Waals surface area contributed by atoms with Crippen molar-refractivity contribution in [3.8, 4) is 0 Å². The highest BCUT2D eigenvalue weighted by Crippen LogP contribution is 2.13. The van der Waals surface area contributed by atoms with E-state index < -0.39 is 6.10 Å². The molecule has 0 N–H and O–H groups in total. The summed E-state index contributed by atoms with van der Waals surface area (Å²) in [5.41, 5.74) is 0. The first kappa shape index (κ1) is 70.0. The molecular formula is C69H108O6. The Balaban J connectivity index is 4.26. The first-order valence-corrected chi connectivity index (χ1v) is 30.0. The average Bonchev–Trinajstić information content (AvgIpc) is 3.41. The lowest BCUT2D eigenvalue weighted by Crippen LogP contribution is -2.30. The van der Waals surface area contributed by atoms with E-state index in [-0.39, 0.29) is 37.5 Å². The molecule has 0 rings (SSSR count). The Labute approximate surface area is 460 Å². The minimum atomic E-state index is -0.807. The van der Waals surface area contributed by atoms with Crippen LogP contribution in [0.2, 0.25) is 0 Å². The topological polar surface area (TPSA) is 78.9 Å². The van der Waals surface area contributed by atoms with E-state index in [1.54, 1.807) is 0 Å². The van der Waals surface area contributed by atoms with Gasteiger partial charge in [0.05, 0.1) is 0 Å². The largest absolute Gasteiger partial charge is 0.462 e. The van der Waals surface area contributed by atoms with E-state index in [0.717, 1.165) is 161 Å². The average molecular weight is 1030 g/mol. The van der Waals surface area contributed by atoms with Crippen molar-refractivity contribution in [3.05, 3.63) is 158 Å². The third-order valence-corrected chi connectivity index (χ3v) is 12.0. The minimum absolute atomic E-state index is 0.102. The molecule has 0 radical (unpaired) electrons. The number of unbranched alkanes of at least 4 members (excludes halogenated alkanes) is 15. The Hall–Kier alpha value is -4.97. The number of esters is 3. The van der Waals surface area contributed by atoms with E-state index in [1.165, 1.54) is 38.5 Å². The minimum Gasteiger partial charge on any atom is -0.462 e. The van der Waals surface area contributed by atoms with Crippen molar-refractivity contribution in [1.29, 1.82) is 0 Å². The van der Waals surface area contributed by atoms with Crippen molar-refractivity contribution in [2.24, 2.45) is 0 Å². The molecule has 0 aliphatic carbocycles. The number of carbonyl (C=O) groups is 3. The predicted octanol–water partition coefficient (Wildman–Crippen LogP) is 20.5. The second-order valence-electron chi connectivity index (χ2n) is 19.1. The number of allylic oxidation sites excluding steroid dienone is 26. The summed E-state index contributed by atoms with van der Waals surface area (Å²) in [4.78, 5) is 38.0. The summed E-state index contributed by atoms with van der Waals surface area (Å²) in [7, 11) is 0. The van der Waals surface area contributed by atoms with Gasteiger partial charge in [-0.1, -0.05) is 249 Å². The van der Waals surface area contributed by atoms with Crippen LogP contribution in [0, 0.1) is 0 Å². The molecule has 0 fully saturated rings. The zero-order chi connectivity index (χ0) is 54.3. The fourth-order valence-electron chi connectivity index (χ4n) is 7.60. The normalized spacial score (nSPS) is 13.3. The van der Waals surface area contributed by atoms with Crippen LogP contribution in [-0.4, -0.2) is 37.2 Å². The molecule has 0 spiro atoms. The summed E-state index contributed by atoms with van der Waals surface area (Å²) in [6.45, 7) is 6.32. The van der Waals surface area contributed by atoms with Crippen LogP contribution >= 0.6 is 0 Å². The Morgan fingerprint density at radius 1 is 0.280 bits per heavy atom. The van der Waals surface area contributed by atoms with Gasteiger partial charge < -0.3 is 14.2 Å². The number of ether oxygens (including phenoxy) is 3. The molecule has 0 saturated heterocycles. The monoisotopic (exact) mass is 1030 g/mol. The van der Waals surface area contributed by atoms with Gasteiger partial charge in [0.1, 0.15) is 13.2 Å².